The van der Waals surface area contributed by atoms with E-state index in [1.807, 2.05) is 36.6 Å². The first-order valence-electron chi connectivity index (χ1n) is 8.76. The number of carbonyl (C=O) groups is 2. The summed E-state index contributed by atoms with van der Waals surface area (Å²) in [6, 6.07) is 8.00. The third kappa shape index (κ3) is 2.91. The van der Waals surface area contributed by atoms with Gasteiger partial charge in [-0.2, -0.15) is 5.10 Å². The van der Waals surface area contributed by atoms with Crippen molar-refractivity contribution in [2.75, 3.05) is 5.32 Å². The van der Waals surface area contributed by atoms with Gasteiger partial charge in [0.1, 0.15) is 0 Å². The molecule has 1 amide bonds. The number of rotatable bonds is 4. The van der Waals surface area contributed by atoms with Crippen LogP contribution in [0.15, 0.2) is 29.6 Å². The Balaban J connectivity index is 1.60. The van der Waals surface area contributed by atoms with E-state index in [2.05, 4.69) is 20.4 Å². The highest BCUT2D eigenvalue weighted by atomic mass is 32.1. The van der Waals surface area contributed by atoms with E-state index in [1.165, 1.54) is 11.3 Å². The van der Waals surface area contributed by atoms with Crippen LogP contribution in [0.25, 0.3) is 22.2 Å². The van der Waals surface area contributed by atoms with Crippen molar-refractivity contribution in [2.24, 2.45) is 7.05 Å². The SMILES string of the molecule is Cc1nn(C)c(C)c1C(=O)C(=O)Nc1nc(-c2c(C)[nH]c3ccccc23)cs1. The van der Waals surface area contributed by atoms with Gasteiger partial charge < -0.3 is 4.98 Å². The number of hydrogen-bond acceptors (Lipinski definition) is 5. The number of amides is 1. The molecule has 7 nitrogen and oxygen atoms in total. The van der Waals surface area contributed by atoms with Gasteiger partial charge in [0, 0.05) is 40.3 Å². The predicted octanol–water partition coefficient (Wildman–Crippen LogP) is 3.77. The molecule has 2 N–H and O–H groups in total. The fourth-order valence-corrected chi connectivity index (χ4v) is 4.12. The normalized spacial score (nSPS) is 11.1. The molecule has 3 aromatic heterocycles. The molecular weight excluding hydrogens is 374 g/mol. The minimum absolute atomic E-state index is 0.337. The number of Topliss-reactive ketones (excluding diaryl/α,β-unsaturated/α-hetero) is 1. The molecule has 0 fully saturated rings. The summed E-state index contributed by atoms with van der Waals surface area (Å²) in [6.45, 7) is 5.47. The summed E-state index contributed by atoms with van der Waals surface area (Å²) in [5, 5.41) is 10.2. The molecular formula is C20H19N5O2S. The Kier molecular flexibility index (Phi) is 4.35. The fourth-order valence-electron chi connectivity index (χ4n) is 3.42. The van der Waals surface area contributed by atoms with E-state index in [9.17, 15) is 9.59 Å². The summed E-state index contributed by atoms with van der Waals surface area (Å²) >= 11 is 1.29. The minimum Gasteiger partial charge on any atom is -0.358 e. The number of thiazole rings is 1. The van der Waals surface area contributed by atoms with Crippen molar-refractivity contribution >= 4 is 39.1 Å². The lowest BCUT2D eigenvalue weighted by Gasteiger charge is -2.02. The molecule has 0 atom stereocenters. The highest BCUT2D eigenvalue weighted by Gasteiger charge is 2.25. The number of H-pyrrole nitrogens is 1. The first kappa shape index (κ1) is 18.1. The largest absolute Gasteiger partial charge is 0.358 e. The maximum absolute atomic E-state index is 12.6. The number of fused-ring (bicyclic) bond motifs is 1. The molecule has 3 heterocycles. The van der Waals surface area contributed by atoms with Crippen LogP contribution in [0.2, 0.25) is 0 Å². The topological polar surface area (TPSA) is 92.7 Å². The zero-order valence-electron chi connectivity index (χ0n) is 16.0. The van der Waals surface area contributed by atoms with Gasteiger partial charge in [0.15, 0.2) is 5.13 Å². The van der Waals surface area contributed by atoms with Crippen LogP contribution >= 0.6 is 11.3 Å². The Bertz CT molecular complexity index is 1230. The van der Waals surface area contributed by atoms with Crippen molar-refractivity contribution < 1.29 is 9.59 Å². The van der Waals surface area contributed by atoms with Crippen LogP contribution in [0.4, 0.5) is 5.13 Å². The standard InChI is InChI=1S/C20H19N5O2S/c1-10-17(13-7-5-6-8-14(13)21-10)15-9-28-20(22-15)23-19(27)18(26)16-11(2)24-25(4)12(16)3/h5-9,21H,1-4H3,(H,22,23,27). The zero-order valence-corrected chi connectivity index (χ0v) is 16.8. The lowest BCUT2D eigenvalue weighted by Crippen LogP contribution is -2.23. The molecule has 0 saturated carbocycles. The molecule has 0 radical (unpaired) electrons. The van der Waals surface area contributed by atoms with Gasteiger partial charge in [-0.15, -0.1) is 11.3 Å². The molecule has 0 unspecified atom stereocenters. The van der Waals surface area contributed by atoms with Gasteiger partial charge in [0.2, 0.25) is 0 Å². The van der Waals surface area contributed by atoms with E-state index >= 15 is 0 Å². The number of nitrogens with zero attached hydrogens (tertiary/aromatic N) is 3. The lowest BCUT2D eigenvalue weighted by molar-refractivity contribution is -0.112. The highest BCUT2D eigenvalue weighted by molar-refractivity contribution is 7.14. The van der Waals surface area contributed by atoms with E-state index in [0.29, 0.717) is 22.1 Å². The summed E-state index contributed by atoms with van der Waals surface area (Å²) in [5.74, 6) is -1.32. The summed E-state index contributed by atoms with van der Waals surface area (Å²) in [7, 11) is 1.74. The Hall–Kier alpha value is -3.26. The first-order valence-corrected chi connectivity index (χ1v) is 9.64. The maximum atomic E-state index is 12.6. The number of aromatic amines is 1. The van der Waals surface area contributed by atoms with E-state index in [-0.39, 0.29) is 0 Å². The van der Waals surface area contributed by atoms with Gasteiger partial charge in [-0.3, -0.25) is 19.6 Å². The third-order valence-corrected chi connectivity index (χ3v) is 5.57. The molecule has 28 heavy (non-hydrogen) atoms. The molecule has 0 spiro atoms. The lowest BCUT2D eigenvalue weighted by atomic mass is 10.1. The molecule has 0 aliphatic carbocycles. The number of anilines is 1. The molecule has 4 rings (SSSR count). The Labute approximate surface area is 165 Å². The monoisotopic (exact) mass is 393 g/mol. The average molecular weight is 393 g/mol. The number of aromatic nitrogens is 4. The Morgan fingerprint density at radius 3 is 2.64 bits per heavy atom. The smallest absolute Gasteiger partial charge is 0.298 e. The van der Waals surface area contributed by atoms with Crippen LogP contribution in [0.5, 0.6) is 0 Å². The second-order valence-corrected chi connectivity index (χ2v) is 7.52. The van der Waals surface area contributed by atoms with Crippen molar-refractivity contribution in [3.63, 3.8) is 0 Å². The number of hydrogen-bond donors (Lipinski definition) is 2. The second kappa shape index (κ2) is 6.72. The number of carbonyl (C=O) groups excluding carboxylic acids is 2. The fraction of sp³-hybridized carbons (Fsp3) is 0.200. The van der Waals surface area contributed by atoms with Gasteiger partial charge >= 0.3 is 0 Å². The summed E-state index contributed by atoms with van der Waals surface area (Å²) in [6.07, 6.45) is 0. The number of benzene rings is 1. The van der Waals surface area contributed by atoms with E-state index < -0.39 is 11.7 Å². The average Bonchev–Trinajstić information content (AvgIpc) is 3.30. The molecule has 0 aliphatic rings. The first-order chi connectivity index (χ1) is 13.4. The van der Waals surface area contributed by atoms with Crippen LogP contribution in [0.3, 0.4) is 0 Å². The van der Waals surface area contributed by atoms with Gasteiger partial charge in [-0.05, 0) is 26.8 Å². The van der Waals surface area contributed by atoms with Gasteiger partial charge in [0.05, 0.1) is 17.0 Å². The Morgan fingerprint density at radius 1 is 1.18 bits per heavy atom. The van der Waals surface area contributed by atoms with Crippen LogP contribution in [-0.4, -0.2) is 31.4 Å². The Morgan fingerprint density at radius 2 is 1.93 bits per heavy atom. The van der Waals surface area contributed by atoms with Crippen molar-refractivity contribution in [2.45, 2.75) is 20.8 Å². The number of aryl methyl sites for hydroxylation is 3. The number of nitrogens with one attached hydrogen (secondary N) is 2. The highest BCUT2D eigenvalue weighted by Crippen LogP contribution is 2.33. The van der Waals surface area contributed by atoms with Crippen LogP contribution in [0, 0.1) is 20.8 Å². The van der Waals surface area contributed by atoms with Gasteiger partial charge in [-0.1, -0.05) is 18.2 Å². The molecule has 0 saturated heterocycles. The zero-order chi connectivity index (χ0) is 20.0. The molecule has 8 heteroatoms. The van der Waals surface area contributed by atoms with Crippen LogP contribution < -0.4 is 5.32 Å². The van der Waals surface area contributed by atoms with Gasteiger partial charge in [-0.25, -0.2) is 4.98 Å². The van der Waals surface area contributed by atoms with Gasteiger partial charge in [0.25, 0.3) is 11.7 Å². The molecule has 0 aliphatic heterocycles. The summed E-state index contributed by atoms with van der Waals surface area (Å²) in [5.41, 5.74) is 5.33. The molecule has 4 aromatic rings. The van der Waals surface area contributed by atoms with Crippen molar-refractivity contribution in [1.29, 1.82) is 0 Å². The molecule has 0 bridgehead atoms. The second-order valence-electron chi connectivity index (χ2n) is 6.66. The minimum atomic E-state index is -0.712. The van der Waals surface area contributed by atoms with Crippen LogP contribution in [-0.2, 0) is 11.8 Å². The summed E-state index contributed by atoms with van der Waals surface area (Å²) in [4.78, 5) is 32.9. The third-order valence-electron chi connectivity index (χ3n) is 4.82. The predicted molar refractivity (Wildman–Crippen MR) is 110 cm³/mol. The maximum Gasteiger partial charge on any atom is 0.298 e. The molecule has 142 valence electrons. The quantitative estimate of drug-likeness (QED) is 0.408. The van der Waals surface area contributed by atoms with Crippen molar-refractivity contribution in [3.05, 3.63) is 52.3 Å². The van der Waals surface area contributed by atoms with Crippen molar-refractivity contribution in [3.8, 4) is 11.3 Å². The van der Waals surface area contributed by atoms with Crippen molar-refractivity contribution in [1.82, 2.24) is 19.7 Å². The van der Waals surface area contributed by atoms with E-state index in [4.69, 9.17) is 0 Å². The number of para-hydroxylation sites is 1. The summed E-state index contributed by atoms with van der Waals surface area (Å²) < 4.78 is 1.59. The number of ketones is 1. The molecule has 1 aromatic carbocycles. The van der Waals surface area contributed by atoms with E-state index in [0.717, 1.165) is 27.9 Å². The van der Waals surface area contributed by atoms with Crippen LogP contribution in [0.1, 0.15) is 27.4 Å². The van der Waals surface area contributed by atoms with E-state index in [1.54, 1.807) is 25.6 Å².